The van der Waals surface area contributed by atoms with Crippen LogP contribution >= 0.6 is 0 Å². The molecule has 11 nitrogen and oxygen atoms in total. The second-order valence-electron chi connectivity index (χ2n) is 7.71. The molecule has 0 atom stereocenters. The molecule has 0 saturated heterocycles. The van der Waals surface area contributed by atoms with Crippen molar-refractivity contribution in [1.29, 1.82) is 0 Å². The number of nitrogens with one attached hydrogen (secondary N) is 3. The molecule has 0 radical (unpaired) electrons. The number of nitrogens with zero attached hydrogens (tertiary/aromatic N) is 3. The number of carbonyl (C=O) groups excluding carboxylic acids is 1. The third-order valence-corrected chi connectivity index (χ3v) is 4.78. The van der Waals surface area contributed by atoms with Crippen LogP contribution in [0.3, 0.4) is 0 Å². The van der Waals surface area contributed by atoms with Gasteiger partial charge in [-0.2, -0.15) is 4.98 Å². The minimum atomic E-state index is -0.963. The van der Waals surface area contributed by atoms with Crippen LogP contribution in [-0.2, 0) is 9.53 Å². The molecule has 0 spiro atoms. The fourth-order valence-electron chi connectivity index (χ4n) is 3.00. The van der Waals surface area contributed by atoms with Crippen molar-refractivity contribution in [2.45, 2.75) is 26.4 Å². The van der Waals surface area contributed by atoms with Crippen LogP contribution in [0.1, 0.15) is 20.8 Å². The number of hydrogen-bond donors (Lipinski definition) is 3. The molecular weight excluding hydrogens is 440 g/mol. The normalized spacial score (nSPS) is 14.8. The highest BCUT2D eigenvalue weighted by Gasteiger charge is 2.34. The average molecular weight is 469 g/mol. The monoisotopic (exact) mass is 468 g/mol. The van der Waals surface area contributed by atoms with E-state index in [0.717, 1.165) is 0 Å². The Kier molecular flexibility index (Phi) is 7.24. The molecule has 180 valence electrons. The van der Waals surface area contributed by atoms with E-state index >= 15 is 0 Å². The fourth-order valence-corrected chi connectivity index (χ4v) is 3.00. The van der Waals surface area contributed by atoms with Crippen molar-refractivity contribution in [3.05, 3.63) is 54.3 Å². The zero-order valence-electron chi connectivity index (χ0n) is 20.0. The Hall–Kier alpha value is -4.28. The maximum atomic E-state index is 11.9. The van der Waals surface area contributed by atoms with Gasteiger partial charge < -0.3 is 34.9 Å². The van der Waals surface area contributed by atoms with E-state index in [1.54, 1.807) is 45.1 Å². The first kappa shape index (κ1) is 24.4. The Bertz CT molecular complexity index is 1130. The molecule has 3 N–H and O–H groups in total. The van der Waals surface area contributed by atoms with Gasteiger partial charge in [0.25, 0.3) is 5.91 Å². The summed E-state index contributed by atoms with van der Waals surface area (Å²) in [5.74, 6) is 2.37. The number of aromatic nitrogens is 3. The highest BCUT2D eigenvalue weighted by molar-refractivity contribution is 5.87. The van der Waals surface area contributed by atoms with Crippen LogP contribution in [0.15, 0.2) is 54.3 Å². The summed E-state index contributed by atoms with van der Waals surface area (Å²) in [6.45, 7) is 9.11. The van der Waals surface area contributed by atoms with Crippen molar-refractivity contribution in [2.24, 2.45) is 0 Å². The van der Waals surface area contributed by atoms with Gasteiger partial charge >= 0.3 is 0 Å². The van der Waals surface area contributed by atoms with Crippen molar-refractivity contribution in [2.75, 3.05) is 32.0 Å². The van der Waals surface area contributed by atoms with Crippen LogP contribution in [0, 0.1) is 0 Å². The number of allylic oxidation sites excluding steroid dienone is 3. The number of hydrogen-bond acceptors (Lipinski definition) is 10. The summed E-state index contributed by atoms with van der Waals surface area (Å²) in [4.78, 5) is 24.6. The Labute approximate surface area is 197 Å². The predicted octanol–water partition coefficient (Wildman–Crippen LogP) is 3.28. The van der Waals surface area contributed by atoms with E-state index in [9.17, 15) is 4.79 Å². The lowest BCUT2D eigenvalue weighted by atomic mass is 10.1. The number of methoxy groups -OCH3 is 3. The number of amides is 1. The molecule has 1 amide bonds. The second kappa shape index (κ2) is 10.1. The van der Waals surface area contributed by atoms with Crippen molar-refractivity contribution < 1.29 is 23.7 Å². The molecule has 1 aliphatic rings. The summed E-state index contributed by atoms with van der Waals surface area (Å²) in [5, 5.41) is 8.88. The molecule has 0 bridgehead atoms. The lowest BCUT2D eigenvalue weighted by Crippen LogP contribution is -2.47. The van der Waals surface area contributed by atoms with Crippen molar-refractivity contribution in [3.8, 4) is 17.2 Å². The minimum absolute atomic E-state index is 0.198. The summed E-state index contributed by atoms with van der Waals surface area (Å²) in [6, 6.07) is 3.47. The van der Waals surface area contributed by atoms with Gasteiger partial charge in [-0.3, -0.25) is 4.79 Å². The van der Waals surface area contributed by atoms with Gasteiger partial charge in [0.2, 0.25) is 17.6 Å². The van der Waals surface area contributed by atoms with E-state index in [2.05, 4.69) is 37.5 Å². The quantitative estimate of drug-likeness (QED) is 0.472. The van der Waals surface area contributed by atoms with Gasteiger partial charge in [-0.1, -0.05) is 6.58 Å². The zero-order valence-corrected chi connectivity index (χ0v) is 20.0. The van der Waals surface area contributed by atoms with E-state index in [1.165, 1.54) is 27.7 Å². The molecule has 3 rings (SSSR count). The Morgan fingerprint density at radius 2 is 1.76 bits per heavy atom. The molecule has 34 heavy (non-hydrogen) atoms. The highest BCUT2D eigenvalue weighted by atomic mass is 16.5. The van der Waals surface area contributed by atoms with Gasteiger partial charge in [0.05, 0.1) is 27.0 Å². The van der Waals surface area contributed by atoms with E-state index in [4.69, 9.17) is 18.9 Å². The standard InChI is InChI=1S/C23H28N6O5/c1-13(8-9-16-14(2)27-20(30)23(3,4)34-16)26-21-24-12-25-22(29-21)28-15-10-17(31-5)19(33-7)18(11-15)32-6/h8-12H,1H2,2-7H3,(H,27,30)(H2,24,25,26,28,29)/b9-8-. The van der Waals surface area contributed by atoms with Crippen molar-refractivity contribution in [3.63, 3.8) is 0 Å². The third-order valence-electron chi connectivity index (χ3n) is 4.78. The lowest BCUT2D eigenvalue weighted by Gasteiger charge is -2.31. The molecule has 0 fully saturated rings. The first-order valence-electron chi connectivity index (χ1n) is 10.3. The molecule has 0 aliphatic carbocycles. The van der Waals surface area contributed by atoms with Crippen LogP contribution in [-0.4, -0.2) is 47.8 Å². The van der Waals surface area contributed by atoms with Crippen LogP contribution in [0.2, 0.25) is 0 Å². The molecule has 1 aromatic heterocycles. The Balaban J connectivity index is 1.72. The topological polar surface area (TPSA) is 129 Å². The molecule has 2 heterocycles. The fraction of sp³-hybridized carbons (Fsp3) is 0.304. The summed E-state index contributed by atoms with van der Waals surface area (Å²) in [7, 11) is 4.61. The van der Waals surface area contributed by atoms with E-state index in [0.29, 0.717) is 46.0 Å². The lowest BCUT2D eigenvalue weighted by molar-refractivity contribution is -0.139. The summed E-state index contributed by atoms with van der Waals surface area (Å²) in [6.07, 6.45) is 4.77. The number of anilines is 3. The van der Waals surface area contributed by atoms with Gasteiger partial charge in [0, 0.05) is 23.5 Å². The van der Waals surface area contributed by atoms with Crippen molar-refractivity contribution in [1.82, 2.24) is 20.3 Å². The maximum Gasteiger partial charge on any atom is 0.267 e. The smallest absolute Gasteiger partial charge is 0.267 e. The van der Waals surface area contributed by atoms with Crippen LogP contribution in [0.4, 0.5) is 17.6 Å². The molecule has 11 heteroatoms. The molecule has 0 saturated carbocycles. The summed E-state index contributed by atoms with van der Waals surface area (Å²) in [5.41, 5.74) is 0.788. The maximum absolute atomic E-state index is 11.9. The average Bonchev–Trinajstić information content (AvgIpc) is 2.80. The largest absolute Gasteiger partial charge is 0.493 e. The van der Waals surface area contributed by atoms with Crippen LogP contribution in [0.25, 0.3) is 0 Å². The van der Waals surface area contributed by atoms with E-state index in [1.807, 2.05) is 0 Å². The number of carbonyl (C=O) groups is 1. The highest BCUT2D eigenvalue weighted by Crippen LogP contribution is 2.40. The Morgan fingerprint density at radius 1 is 1.12 bits per heavy atom. The molecule has 0 unspecified atom stereocenters. The van der Waals surface area contributed by atoms with Crippen LogP contribution in [0.5, 0.6) is 17.2 Å². The van der Waals surface area contributed by atoms with Crippen LogP contribution < -0.4 is 30.2 Å². The SMILES string of the molecule is C=C(/C=C\C1=C(C)NC(=O)C(C)(C)O1)Nc1ncnc(Nc2cc(OC)c(OC)c(OC)c2)n1. The molecule has 1 aromatic carbocycles. The first-order valence-corrected chi connectivity index (χ1v) is 10.3. The van der Waals surface area contributed by atoms with Crippen molar-refractivity contribution >= 4 is 23.5 Å². The minimum Gasteiger partial charge on any atom is -0.493 e. The third kappa shape index (κ3) is 5.55. The number of benzene rings is 1. The molecular formula is C23H28N6O5. The summed E-state index contributed by atoms with van der Waals surface area (Å²) >= 11 is 0. The van der Waals surface area contributed by atoms with E-state index in [-0.39, 0.29) is 11.9 Å². The van der Waals surface area contributed by atoms with Gasteiger partial charge in [-0.05, 0) is 32.9 Å². The zero-order chi connectivity index (χ0) is 24.9. The predicted molar refractivity (Wildman–Crippen MR) is 127 cm³/mol. The number of ether oxygens (including phenoxy) is 4. The van der Waals surface area contributed by atoms with E-state index < -0.39 is 5.60 Å². The molecule has 2 aromatic rings. The van der Waals surface area contributed by atoms with Gasteiger partial charge in [-0.25, -0.2) is 9.97 Å². The first-order chi connectivity index (χ1) is 16.2. The summed E-state index contributed by atoms with van der Waals surface area (Å²) < 4.78 is 21.8. The van der Waals surface area contributed by atoms with Gasteiger partial charge in [0.15, 0.2) is 17.1 Å². The van der Waals surface area contributed by atoms with Gasteiger partial charge in [0.1, 0.15) is 12.1 Å². The Morgan fingerprint density at radius 3 is 2.38 bits per heavy atom. The molecule has 1 aliphatic heterocycles. The number of rotatable bonds is 9. The van der Waals surface area contributed by atoms with Gasteiger partial charge in [-0.15, -0.1) is 0 Å². The second-order valence-corrected chi connectivity index (χ2v) is 7.71.